The molecule has 2 bridgehead atoms. The Balaban J connectivity index is 1.55. The topological polar surface area (TPSA) is 77.5 Å². The van der Waals surface area contributed by atoms with Crippen molar-refractivity contribution >= 4 is 6.16 Å². The van der Waals surface area contributed by atoms with Crippen LogP contribution < -0.4 is 9.47 Å². The molecule has 1 N–H and O–H groups in total. The lowest BCUT2D eigenvalue weighted by molar-refractivity contribution is -0.237. The number of piperidine rings is 1. The van der Waals surface area contributed by atoms with Crippen LogP contribution in [-0.2, 0) is 21.3 Å². The zero-order valence-electron chi connectivity index (χ0n) is 24.8. The molecule has 0 amide bonds. The standard InChI is InChI=1S/C32H47NO6/c1-8-31-17-21(30(6,35)29(3,4)5)25(36-7)27-32(31)14-15-33(18-19-10-11-19)23(31)16-20-12-13-22(26(39-27)24(20)32)38-28(34)37-9-2/h12-13,19,21,23,25,27,35H,8-11,14-18H2,1-7H3/t21?,23?,25?,27-,30?,31?,32-/m0/s1. The van der Waals surface area contributed by atoms with Crippen molar-refractivity contribution in [2.45, 2.75) is 109 Å². The first-order valence-corrected chi connectivity index (χ1v) is 15.1. The molecule has 2 saturated carbocycles. The van der Waals surface area contributed by atoms with Crippen molar-refractivity contribution in [3.05, 3.63) is 23.3 Å². The zero-order valence-corrected chi connectivity index (χ0v) is 24.8. The fraction of sp³-hybridized carbons (Fsp3) is 0.781. The number of carbonyl (C=O) groups is 1. The molecule has 6 rings (SSSR count). The molecule has 7 nitrogen and oxygen atoms in total. The normalized spacial score (nSPS) is 36.5. The monoisotopic (exact) mass is 541 g/mol. The van der Waals surface area contributed by atoms with Gasteiger partial charge in [-0.25, -0.2) is 4.79 Å². The molecule has 39 heavy (non-hydrogen) atoms. The second kappa shape index (κ2) is 9.09. The van der Waals surface area contributed by atoms with E-state index in [9.17, 15) is 9.90 Å². The minimum absolute atomic E-state index is 0.0967. The molecule has 2 aliphatic heterocycles. The summed E-state index contributed by atoms with van der Waals surface area (Å²) >= 11 is 0. The summed E-state index contributed by atoms with van der Waals surface area (Å²) in [5.74, 6) is 1.79. The van der Waals surface area contributed by atoms with Crippen LogP contribution in [0.5, 0.6) is 11.5 Å². The minimum Gasteiger partial charge on any atom is -0.482 e. The summed E-state index contributed by atoms with van der Waals surface area (Å²) in [7, 11) is 1.76. The maximum absolute atomic E-state index is 12.4. The van der Waals surface area contributed by atoms with E-state index in [-0.39, 0.29) is 41.0 Å². The Morgan fingerprint density at radius 3 is 2.56 bits per heavy atom. The molecule has 2 heterocycles. The van der Waals surface area contributed by atoms with Crippen LogP contribution in [0.4, 0.5) is 4.79 Å². The third-order valence-electron chi connectivity index (χ3n) is 11.6. The van der Waals surface area contributed by atoms with Crippen molar-refractivity contribution in [1.82, 2.24) is 4.90 Å². The predicted molar refractivity (Wildman–Crippen MR) is 148 cm³/mol. The highest BCUT2D eigenvalue weighted by molar-refractivity contribution is 5.69. The number of likely N-dealkylation sites (tertiary alicyclic amines) is 1. The highest BCUT2D eigenvalue weighted by Crippen LogP contribution is 2.72. The lowest BCUT2D eigenvalue weighted by Gasteiger charge is -2.69. The van der Waals surface area contributed by atoms with Crippen LogP contribution >= 0.6 is 0 Å². The highest BCUT2D eigenvalue weighted by Gasteiger charge is 2.75. The third-order valence-corrected chi connectivity index (χ3v) is 11.6. The van der Waals surface area contributed by atoms with Gasteiger partial charge in [0.15, 0.2) is 11.5 Å². The van der Waals surface area contributed by atoms with E-state index in [1.807, 2.05) is 13.0 Å². The maximum Gasteiger partial charge on any atom is 0.513 e. The second-order valence-electron chi connectivity index (χ2n) is 14.0. The van der Waals surface area contributed by atoms with Crippen LogP contribution in [0.3, 0.4) is 0 Å². The van der Waals surface area contributed by atoms with Crippen LogP contribution in [-0.4, -0.2) is 66.8 Å². The van der Waals surface area contributed by atoms with E-state index in [0.29, 0.717) is 17.5 Å². The molecule has 1 aromatic rings. The van der Waals surface area contributed by atoms with Crippen LogP contribution in [0.25, 0.3) is 0 Å². The van der Waals surface area contributed by atoms with Gasteiger partial charge in [-0.2, -0.15) is 0 Å². The smallest absolute Gasteiger partial charge is 0.482 e. The van der Waals surface area contributed by atoms with Crippen molar-refractivity contribution in [3.63, 3.8) is 0 Å². The van der Waals surface area contributed by atoms with Crippen molar-refractivity contribution in [3.8, 4) is 11.5 Å². The van der Waals surface area contributed by atoms with Gasteiger partial charge in [-0.1, -0.05) is 33.8 Å². The van der Waals surface area contributed by atoms with Gasteiger partial charge in [0.05, 0.1) is 12.2 Å². The van der Waals surface area contributed by atoms with Crippen LogP contribution in [0, 0.1) is 22.7 Å². The molecule has 5 aliphatic rings. The van der Waals surface area contributed by atoms with Crippen LogP contribution in [0.1, 0.15) is 84.8 Å². The second-order valence-corrected chi connectivity index (χ2v) is 14.0. The summed E-state index contributed by atoms with van der Waals surface area (Å²) in [6.07, 6.45) is 5.17. The van der Waals surface area contributed by atoms with E-state index < -0.39 is 11.8 Å². The molecule has 0 aromatic heterocycles. The number of nitrogens with zero attached hydrogens (tertiary/aromatic N) is 1. The summed E-state index contributed by atoms with van der Waals surface area (Å²) in [5, 5.41) is 12.2. The zero-order chi connectivity index (χ0) is 28.0. The van der Waals surface area contributed by atoms with Gasteiger partial charge in [0.2, 0.25) is 0 Å². The molecule has 1 spiro atoms. The lowest BCUT2D eigenvalue weighted by atomic mass is 9.39. The number of aliphatic hydroxyl groups is 1. The first kappa shape index (κ1) is 27.3. The van der Waals surface area contributed by atoms with Crippen molar-refractivity contribution in [1.29, 1.82) is 0 Å². The molecule has 216 valence electrons. The maximum atomic E-state index is 12.4. The number of benzene rings is 1. The average Bonchev–Trinajstić information content (AvgIpc) is 3.63. The Labute approximate surface area is 233 Å². The summed E-state index contributed by atoms with van der Waals surface area (Å²) < 4.78 is 24.2. The molecule has 5 unspecified atom stereocenters. The number of hydrogen-bond donors (Lipinski definition) is 1. The number of rotatable bonds is 7. The highest BCUT2D eigenvalue weighted by atomic mass is 16.7. The van der Waals surface area contributed by atoms with Gasteiger partial charge >= 0.3 is 6.16 Å². The van der Waals surface area contributed by atoms with Crippen molar-refractivity contribution in [2.75, 3.05) is 26.8 Å². The Morgan fingerprint density at radius 2 is 1.95 bits per heavy atom. The van der Waals surface area contributed by atoms with Gasteiger partial charge in [-0.05, 0) is 87.3 Å². The lowest BCUT2D eigenvalue weighted by Crippen LogP contribution is -2.76. The molecular weight excluding hydrogens is 494 g/mol. The number of hydrogen-bond acceptors (Lipinski definition) is 7. The van der Waals surface area contributed by atoms with E-state index in [0.717, 1.165) is 44.7 Å². The van der Waals surface area contributed by atoms with E-state index >= 15 is 0 Å². The predicted octanol–water partition coefficient (Wildman–Crippen LogP) is 5.49. The van der Waals surface area contributed by atoms with Crippen LogP contribution in [0.2, 0.25) is 0 Å². The number of carbonyl (C=O) groups excluding carboxylic acids is 1. The Bertz CT molecular complexity index is 1140. The molecule has 3 fully saturated rings. The largest absolute Gasteiger partial charge is 0.513 e. The Morgan fingerprint density at radius 1 is 1.21 bits per heavy atom. The van der Waals surface area contributed by atoms with E-state index in [1.165, 1.54) is 24.0 Å². The third kappa shape index (κ3) is 3.68. The van der Waals surface area contributed by atoms with Gasteiger partial charge in [0.1, 0.15) is 12.2 Å². The number of methoxy groups -OCH3 is 1. The molecule has 7 atom stereocenters. The first-order valence-electron chi connectivity index (χ1n) is 15.1. The average molecular weight is 542 g/mol. The number of ether oxygens (including phenoxy) is 4. The minimum atomic E-state index is -0.976. The molecule has 7 heteroatoms. The SMILES string of the molecule is CCOC(=O)Oc1ccc2c3c1O[C@H]1C(OC)C(C(C)(O)C(C)(C)C)CC4(CC)C(C2)N(CC2CC2)CC[C@]314. The quantitative estimate of drug-likeness (QED) is 0.361. The Kier molecular flexibility index (Phi) is 6.37. The summed E-state index contributed by atoms with van der Waals surface area (Å²) in [4.78, 5) is 15.2. The molecule has 1 saturated heterocycles. The van der Waals surface area contributed by atoms with E-state index in [1.54, 1.807) is 14.0 Å². The summed E-state index contributed by atoms with van der Waals surface area (Å²) in [5.41, 5.74) is 0.828. The summed E-state index contributed by atoms with van der Waals surface area (Å²) in [6, 6.07) is 4.39. The van der Waals surface area contributed by atoms with Gasteiger partial charge in [-0.3, -0.25) is 4.90 Å². The van der Waals surface area contributed by atoms with E-state index in [2.05, 4.69) is 38.7 Å². The van der Waals surface area contributed by atoms with Gasteiger partial charge in [0, 0.05) is 36.6 Å². The first-order chi connectivity index (χ1) is 18.4. The molecular formula is C32H47NO6. The molecule has 0 radical (unpaired) electrons. The Hall–Kier alpha value is -1.83. The van der Waals surface area contributed by atoms with E-state index in [4.69, 9.17) is 18.9 Å². The molecule has 3 aliphatic carbocycles. The van der Waals surface area contributed by atoms with Gasteiger partial charge in [0.25, 0.3) is 0 Å². The fourth-order valence-electron chi connectivity index (χ4n) is 9.07. The van der Waals surface area contributed by atoms with Crippen molar-refractivity contribution in [2.24, 2.45) is 22.7 Å². The van der Waals surface area contributed by atoms with Crippen molar-refractivity contribution < 1.29 is 28.8 Å². The van der Waals surface area contributed by atoms with Crippen LogP contribution in [0.15, 0.2) is 12.1 Å². The summed E-state index contributed by atoms with van der Waals surface area (Å²) in [6.45, 7) is 14.9. The van der Waals surface area contributed by atoms with Gasteiger partial charge in [-0.15, -0.1) is 0 Å². The molecule has 1 aromatic carbocycles. The fourth-order valence-corrected chi connectivity index (χ4v) is 9.07. The van der Waals surface area contributed by atoms with Gasteiger partial charge < -0.3 is 24.1 Å².